The fourth-order valence-corrected chi connectivity index (χ4v) is 0.687. The molecule has 0 aliphatic rings. The van der Waals surface area contributed by atoms with Gasteiger partial charge in [-0.15, -0.1) is 0 Å². The van der Waals surface area contributed by atoms with Gasteiger partial charge in [0.2, 0.25) is 0 Å². The normalized spacial score (nSPS) is 14.5. The first-order chi connectivity index (χ1) is 5.44. The van der Waals surface area contributed by atoms with Gasteiger partial charge in [-0.05, 0) is 22.6 Å². The van der Waals surface area contributed by atoms with Crippen molar-refractivity contribution in [2.45, 2.75) is 18.0 Å². The smallest absolute Gasteiger partial charge is 0.193 e. The zero-order valence-corrected chi connectivity index (χ0v) is 7.89. The Labute approximate surface area is 81.9 Å². The first-order valence-corrected chi connectivity index (χ1v) is 3.69. The lowest BCUT2D eigenvalue weighted by molar-refractivity contribution is -0.342. The van der Waals surface area contributed by atoms with Gasteiger partial charge in [-0.3, -0.25) is 0 Å². The average molecular weight is 322 g/mol. The molecule has 0 aromatic heterocycles. The molecule has 0 fully saturated rings. The standard InChI is InChI=1S/C5H2F7I/c1-2(13)3(6,7)4(8,9)5(10,11)12/h1H2. The van der Waals surface area contributed by atoms with Crippen LogP contribution in [0, 0.1) is 0 Å². The molecular weight excluding hydrogens is 320 g/mol. The fraction of sp³-hybridized carbons (Fsp3) is 0.600. The number of allylic oxidation sites excluding steroid dienone is 1. The summed E-state index contributed by atoms with van der Waals surface area (Å²) >= 11 is 0.626. The number of hydrogen-bond acceptors (Lipinski definition) is 0. The SMILES string of the molecule is C=C(I)C(F)(F)C(F)(F)C(F)(F)F. The fourth-order valence-electron chi connectivity index (χ4n) is 0.348. The summed E-state index contributed by atoms with van der Waals surface area (Å²) in [4.78, 5) is 0. The van der Waals surface area contributed by atoms with Crippen LogP contribution in [0.15, 0.2) is 10.2 Å². The second kappa shape index (κ2) is 3.28. The molecule has 0 spiro atoms. The summed E-state index contributed by atoms with van der Waals surface area (Å²) in [6.45, 7) is 2.36. The van der Waals surface area contributed by atoms with Crippen molar-refractivity contribution >= 4 is 22.6 Å². The van der Waals surface area contributed by atoms with Gasteiger partial charge in [0.25, 0.3) is 0 Å². The Bertz CT molecular complexity index is 215. The summed E-state index contributed by atoms with van der Waals surface area (Å²) in [5.41, 5.74) is 0. The van der Waals surface area contributed by atoms with Crippen molar-refractivity contribution < 1.29 is 30.7 Å². The molecule has 0 heterocycles. The molecule has 0 unspecified atom stereocenters. The molecule has 78 valence electrons. The highest BCUT2D eigenvalue weighted by Gasteiger charge is 2.73. The third-order valence-corrected chi connectivity index (χ3v) is 1.77. The van der Waals surface area contributed by atoms with E-state index in [1.165, 1.54) is 0 Å². The third-order valence-electron chi connectivity index (χ3n) is 1.09. The molecule has 0 saturated carbocycles. The summed E-state index contributed by atoms with van der Waals surface area (Å²) in [6, 6.07) is 0. The Hall–Kier alpha value is -0.0200. The van der Waals surface area contributed by atoms with Gasteiger partial charge in [-0.2, -0.15) is 30.7 Å². The van der Waals surface area contributed by atoms with E-state index in [2.05, 4.69) is 6.58 Å². The molecular formula is C5H2F7I. The molecule has 0 aliphatic carbocycles. The minimum atomic E-state index is -6.29. The number of alkyl halides is 7. The highest BCUT2D eigenvalue weighted by Crippen LogP contribution is 2.50. The van der Waals surface area contributed by atoms with E-state index >= 15 is 0 Å². The van der Waals surface area contributed by atoms with E-state index in [4.69, 9.17) is 0 Å². The van der Waals surface area contributed by atoms with E-state index < -0.39 is 21.6 Å². The summed E-state index contributed by atoms with van der Waals surface area (Å²) in [6.07, 6.45) is -6.29. The molecule has 0 nitrogen and oxygen atoms in total. The van der Waals surface area contributed by atoms with Gasteiger partial charge >= 0.3 is 18.0 Å². The molecule has 0 radical (unpaired) electrons. The van der Waals surface area contributed by atoms with Gasteiger partial charge in [-0.25, -0.2) is 0 Å². The van der Waals surface area contributed by atoms with Crippen LogP contribution in [-0.2, 0) is 0 Å². The summed E-state index contributed by atoms with van der Waals surface area (Å²) in [5.74, 6) is -11.4. The van der Waals surface area contributed by atoms with Crippen LogP contribution in [0.2, 0.25) is 0 Å². The molecule has 0 N–H and O–H groups in total. The molecule has 0 amide bonds. The Balaban J connectivity index is 5.16. The van der Waals surface area contributed by atoms with Crippen LogP contribution in [-0.4, -0.2) is 18.0 Å². The van der Waals surface area contributed by atoms with Crippen LogP contribution in [0.1, 0.15) is 0 Å². The number of hydrogen-bond donors (Lipinski definition) is 0. The Morgan fingerprint density at radius 2 is 1.23 bits per heavy atom. The lowest BCUT2D eigenvalue weighted by atomic mass is 10.1. The van der Waals surface area contributed by atoms with Crippen molar-refractivity contribution in [3.63, 3.8) is 0 Å². The second-order valence-electron chi connectivity index (χ2n) is 2.05. The van der Waals surface area contributed by atoms with E-state index in [9.17, 15) is 30.7 Å². The maximum atomic E-state index is 12.2. The molecule has 13 heavy (non-hydrogen) atoms. The monoisotopic (exact) mass is 322 g/mol. The third kappa shape index (κ3) is 2.08. The Kier molecular flexibility index (Phi) is 3.28. The lowest BCUT2D eigenvalue weighted by Gasteiger charge is -2.27. The summed E-state index contributed by atoms with van der Waals surface area (Å²) in [7, 11) is 0. The molecule has 0 aliphatic heterocycles. The average Bonchev–Trinajstić information content (AvgIpc) is 1.84. The van der Waals surface area contributed by atoms with Gasteiger partial charge in [-0.1, -0.05) is 6.58 Å². The van der Waals surface area contributed by atoms with Crippen molar-refractivity contribution in [2.75, 3.05) is 0 Å². The van der Waals surface area contributed by atoms with Crippen LogP contribution in [0.3, 0.4) is 0 Å². The van der Waals surface area contributed by atoms with Crippen LogP contribution in [0.5, 0.6) is 0 Å². The van der Waals surface area contributed by atoms with E-state index in [0.29, 0.717) is 22.6 Å². The molecule has 8 heteroatoms. The molecule has 0 rings (SSSR count). The van der Waals surface area contributed by atoms with Crippen LogP contribution >= 0.6 is 22.6 Å². The van der Waals surface area contributed by atoms with Crippen molar-refractivity contribution in [3.8, 4) is 0 Å². The molecule has 0 bridgehead atoms. The van der Waals surface area contributed by atoms with E-state index in [1.807, 2.05) is 0 Å². The van der Waals surface area contributed by atoms with Gasteiger partial charge in [0.15, 0.2) is 0 Å². The topological polar surface area (TPSA) is 0 Å². The van der Waals surface area contributed by atoms with Gasteiger partial charge in [0.1, 0.15) is 0 Å². The predicted molar refractivity (Wildman–Crippen MR) is 39.1 cm³/mol. The summed E-state index contributed by atoms with van der Waals surface area (Å²) < 4.78 is 81.2. The van der Waals surface area contributed by atoms with E-state index in [-0.39, 0.29) is 0 Å². The molecule has 0 aromatic rings. The minimum absolute atomic E-state index is 0.626. The molecule has 0 atom stereocenters. The van der Waals surface area contributed by atoms with Crippen molar-refractivity contribution in [2.24, 2.45) is 0 Å². The quantitative estimate of drug-likeness (QED) is 0.536. The van der Waals surface area contributed by atoms with E-state index in [1.54, 1.807) is 0 Å². The number of halogens is 8. The highest BCUT2D eigenvalue weighted by molar-refractivity contribution is 14.1. The van der Waals surface area contributed by atoms with Crippen molar-refractivity contribution in [1.82, 2.24) is 0 Å². The van der Waals surface area contributed by atoms with Gasteiger partial charge in [0.05, 0.1) is 3.58 Å². The Morgan fingerprint density at radius 3 is 1.31 bits per heavy atom. The highest BCUT2D eigenvalue weighted by atomic mass is 127. The maximum absolute atomic E-state index is 12.2. The van der Waals surface area contributed by atoms with Crippen LogP contribution < -0.4 is 0 Å². The molecule has 0 aromatic carbocycles. The van der Waals surface area contributed by atoms with Gasteiger partial charge in [0, 0.05) is 0 Å². The zero-order valence-electron chi connectivity index (χ0n) is 5.73. The van der Waals surface area contributed by atoms with Gasteiger partial charge < -0.3 is 0 Å². The predicted octanol–water partition coefficient (Wildman–Crippen LogP) is 3.77. The lowest BCUT2D eigenvalue weighted by Crippen LogP contribution is -2.51. The minimum Gasteiger partial charge on any atom is -0.193 e. The van der Waals surface area contributed by atoms with Crippen LogP contribution in [0.25, 0.3) is 0 Å². The molecule has 0 saturated heterocycles. The largest absolute Gasteiger partial charge is 0.460 e. The van der Waals surface area contributed by atoms with Crippen molar-refractivity contribution in [3.05, 3.63) is 10.2 Å². The number of rotatable bonds is 2. The van der Waals surface area contributed by atoms with E-state index in [0.717, 1.165) is 0 Å². The zero-order chi connectivity index (χ0) is 11.1. The Morgan fingerprint density at radius 1 is 0.923 bits per heavy atom. The van der Waals surface area contributed by atoms with Crippen molar-refractivity contribution in [1.29, 1.82) is 0 Å². The maximum Gasteiger partial charge on any atom is 0.460 e. The first-order valence-electron chi connectivity index (χ1n) is 2.62. The summed E-state index contributed by atoms with van der Waals surface area (Å²) in [5, 5.41) is 0. The second-order valence-corrected chi connectivity index (χ2v) is 3.35. The first kappa shape index (κ1) is 13.0. The van der Waals surface area contributed by atoms with Crippen LogP contribution in [0.4, 0.5) is 30.7 Å².